The summed E-state index contributed by atoms with van der Waals surface area (Å²) in [6.07, 6.45) is -0.237. The number of carbonyl (C=O) groups is 1. The first-order valence-corrected chi connectivity index (χ1v) is 13.1. The summed E-state index contributed by atoms with van der Waals surface area (Å²) in [7, 11) is -0.265. The summed E-state index contributed by atoms with van der Waals surface area (Å²) < 4.78 is 10.2. The van der Waals surface area contributed by atoms with E-state index in [0.717, 1.165) is 5.56 Å². The second-order valence-electron chi connectivity index (χ2n) is 8.02. The standard InChI is InChI=1S/C25H24Cl2NO6P/c1-32-23-14-24(17-2-4-18(26)5-3-17)35(16-25(29)30)28(31,33-15-23)20-8-12-22(13-9-20)34-21-10-6-19(27)7-11-21/h2-13,23-24H,14-16H2,1H3,(H,29,30). The van der Waals surface area contributed by atoms with E-state index in [9.17, 15) is 15.1 Å². The molecule has 4 unspecified atom stereocenters. The molecule has 1 aliphatic heterocycles. The molecule has 1 N–H and O–H groups in total. The Hall–Kier alpha value is -2.22. The lowest BCUT2D eigenvalue weighted by Crippen LogP contribution is -2.40. The molecule has 1 saturated heterocycles. The number of hydrogen-bond acceptors (Lipinski definition) is 5. The third-order valence-corrected chi connectivity index (χ3v) is 9.07. The topological polar surface area (TPSA) is 88.0 Å². The van der Waals surface area contributed by atoms with E-state index < -0.39 is 18.6 Å². The Morgan fingerprint density at radius 1 is 1.03 bits per heavy atom. The average molecular weight is 536 g/mol. The van der Waals surface area contributed by atoms with Crippen LogP contribution in [-0.2, 0) is 14.4 Å². The number of halogens is 2. The van der Waals surface area contributed by atoms with Crippen LogP contribution in [0.25, 0.3) is 0 Å². The Bertz CT molecular complexity index is 1150. The molecule has 1 aliphatic rings. The first-order chi connectivity index (χ1) is 16.8. The van der Waals surface area contributed by atoms with Crippen LogP contribution in [0.4, 0.5) is 5.69 Å². The lowest BCUT2D eigenvalue weighted by atomic mass is 10.1. The Balaban J connectivity index is 1.69. The third kappa shape index (κ3) is 6.13. The Morgan fingerprint density at radius 3 is 2.11 bits per heavy atom. The quantitative estimate of drug-likeness (QED) is 0.255. The molecule has 35 heavy (non-hydrogen) atoms. The number of rotatable bonds is 7. The lowest BCUT2D eigenvalue weighted by Gasteiger charge is -2.44. The number of carboxylic acids is 1. The first kappa shape index (κ1) is 25.9. The molecule has 0 bridgehead atoms. The van der Waals surface area contributed by atoms with Crippen molar-refractivity contribution in [3.8, 4) is 11.5 Å². The molecule has 7 nitrogen and oxygen atoms in total. The zero-order valence-corrected chi connectivity index (χ0v) is 21.2. The fourth-order valence-electron chi connectivity index (χ4n) is 3.94. The number of benzene rings is 3. The summed E-state index contributed by atoms with van der Waals surface area (Å²) in [6, 6.07) is 20.6. The van der Waals surface area contributed by atoms with Crippen molar-refractivity contribution in [3.63, 3.8) is 0 Å². The monoisotopic (exact) mass is 535 g/mol. The van der Waals surface area contributed by atoms with Crippen LogP contribution < -0.4 is 9.32 Å². The zero-order chi connectivity index (χ0) is 25.0. The van der Waals surface area contributed by atoms with Crippen LogP contribution in [-0.4, -0.2) is 37.1 Å². The highest BCUT2D eigenvalue weighted by Crippen LogP contribution is 2.63. The molecule has 0 radical (unpaired) electrons. The predicted octanol–water partition coefficient (Wildman–Crippen LogP) is 7.16. The maximum absolute atomic E-state index is 14.4. The van der Waals surface area contributed by atoms with E-state index in [-0.39, 0.29) is 30.2 Å². The van der Waals surface area contributed by atoms with E-state index in [1.807, 2.05) is 12.1 Å². The second kappa shape index (κ2) is 11.2. The van der Waals surface area contributed by atoms with Crippen molar-refractivity contribution >= 4 is 42.9 Å². The van der Waals surface area contributed by atoms with E-state index in [1.165, 1.54) is 0 Å². The van der Waals surface area contributed by atoms with E-state index in [0.29, 0.717) is 28.0 Å². The predicted molar refractivity (Wildman–Crippen MR) is 138 cm³/mol. The lowest BCUT2D eigenvalue weighted by molar-refractivity contribution is -0.134. The van der Waals surface area contributed by atoms with Gasteiger partial charge in [0, 0.05) is 29.3 Å². The van der Waals surface area contributed by atoms with Gasteiger partial charge in [0.2, 0.25) is 0 Å². The molecule has 1 heterocycles. The molecule has 4 atom stereocenters. The number of nitrogens with zero attached hydrogens (tertiary/aromatic N) is 1. The molecule has 0 aromatic heterocycles. The molecule has 3 aromatic carbocycles. The number of carboxylic acid groups (broad SMARTS) is 1. The molecule has 4 rings (SSSR count). The minimum absolute atomic E-state index is 0.0333. The molecule has 0 aliphatic carbocycles. The van der Waals surface area contributed by atoms with Crippen molar-refractivity contribution in [1.82, 2.24) is 4.58 Å². The zero-order valence-electron chi connectivity index (χ0n) is 18.8. The highest BCUT2D eigenvalue weighted by atomic mass is 35.5. The maximum Gasteiger partial charge on any atom is 0.313 e. The van der Waals surface area contributed by atoms with Crippen molar-refractivity contribution < 1.29 is 24.2 Å². The minimum atomic E-state index is -1.82. The van der Waals surface area contributed by atoms with Crippen molar-refractivity contribution in [2.24, 2.45) is 0 Å². The van der Waals surface area contributed by atoms with Gasteiger partial charge in [0.1, 0.15) is 24.3 Å². The number of methoxy groups -OCH3 is 1. The highest BCUT2D eigenvalue weighted by Gasteiger charge is 2.47. The van der Waals surface area contributed by atoms with Crippen molar-refractivity contribution in [2.75, 3.05) is 19.9 Å². The summed E-state index contributed by atoms with van der Waals surface area (Å²) in [4.78, 5) is 17.8. The van der Waals surface area contributed by atoms with Crippen molar-refractivity contribution in [1.29, 1.82) is 0 Å². The van der Waals surface area contributed by atoms with Gasteiger partial charge in [0.25, 0.3) is 0 Å². The van der Waals surface area contributed by atoms with Gasteiger partial charge in [-0.2, -0.15) is 9.42 Å². The van der Waals surface area contributed by atoms with Crippen LogP contribution >= 0.6 is 31.3 Å². The van der Waals surface area contributed by atoms with Gasteiger partial charge in [0.15, 0.2) is 13.8 Å². The Morgan fingerprint density at radius 2 is 1.57 bits per heavy atom. The number of ether oxygens (including phenoxy) is 2. The number of quaternary nitrogens is 1. The molecule has 0 amide bonds. The highest BCUT2D eigenvalue weighted by molar-refractivity contribution is 7.58. The first-order valence-electron chi connectivity index (χ1n) is 10.8. The average Bonchev–Trinajstić information content (AvgIpc) is 2.99. The Labute approximate surface area is 214 Å². The van der Waals surface area contributed by atoms with Gasteiger partial charge in [0.05, 0.1) is 11.8 Å². The van der Waals surface area contributed by atoms with E-state index in [4.69, 9.17) is 37.5 Å². The van der Waals surface area contributed by atoms with Gasteiger partial charge in [-0.1, -0.05) is 35.3 Å². The summed E-state index contributed by atoms with van der Waals surface area (Å²) in [5, 5.41) is 25.3. The van der Waals surface area contributed by atoms with Gasteiger partial charge in [-0.05, 0) is 60.5 Å². The third-order valence-electron chi connectivity index (χ3n) is 5.72. The molecule has 184 valence electrons. The number of hydrogen-bond donors (Lipinski definition) is 1. The van der Waals surface area contributed by atoms with Crippen LogP contribution in [0.3, 0.4) is 0 Å². The fourth-order valence-corrected chi connectivity index (χ4v) is 6.89. The van der Waals surface area contributed by atoms with Gasteiger partial charge in [-0.15, -0.1) is 0 Å². The molecule has 0 spiro atoms. The van der Waals surface area contributed by atoms with Gasteiger partial charge in [-0.25, -0.2) is 0 Å². The van der Waals surface area contributed by atoms with Gasteiger partial charge >= 0.3 is 5.97 Å². The number of aliphatic carboxylic acids is 1. The summed E-state index contributed by atoms with van der Waals surface area (Å²) in [6.45, 7) is 0.0333. The molecule has 1 fully saturated rings. The largest absolute Gasteiger partial charge is 0.592 e. The molecule has 0 saturated carbocycles. The Kier molecular flexibility index (Phi) is 8.30. The van der Waals surface area contributed by atoms with Crippen LogP contribution in [0.15, 0.2) is 72.8 Å². The molecular formula is C25H24Cl2NO6P. The summed E-state index contributed by atoms with van der Waals surface area (Å²) in [5.41, 5.74) is 0.736. The summed E-state index contributed by atoms with van der Waals surface area (Å²) in [5.74, 6) is 0.0534. The van der Waals surface area contributed by atoms with Crippen LogP contribution in [0.1, 0.15) is 17.6 Å². The normalized spacial score (nSPS) is 24.5. The van der Waals surface area contributed by atoms with Gasteiger partial charge < -0.3 is 19.8 Å². The molecular weight excluding hydrogens is 512 g/mol. The van der Waals surface area contributed by atoms with Crippen molar-refractivity contribution in [2.45, 2.75) is 18.2 Å². The van der Waals surface area contributed by atoms with Gasteiger partial charge in [-0.3, -0.25) is 4.79 Å². The summed E-state index contributed by atoms with van der Waals surface area (Å²) >= 11 is 12.0. The maximum atomic E-state index is 14.4. The fraction of sp³-hybridized carbons (Fsp3) is 0.240. The molecule has 3 aromatic rings. The van der Waals surface area contributed by atoms with E-state index in [1.54, 1.807) is 67.8 Å². The van der Waals surface area contributed by atoms with E-state index in [2.05, 4.69) is 0 Å². The smallest absolute Gasteiger partial charge is 0.313 e. The second-order valence-corrected chi connectivity index (χ2v) is 11.2. The van der Waals surface area contributed by atoms with Crippen LogP contribution in [0.5, 0.6) is 11.5 Å². The van der Waals surface area contributed by atoms with Crippen molar-refractivity contribution in [3.05, 3.63) is 93.6 Å². The SMILES string of the molecule is COC1CO[N+]([O-])(c2ccc(Oc3ccc(Cl)cc3)cc2)P(CC(=O)O)C(c2ccc(Cl)cc2)C1. The molecule has 10 heteroatoms. The van der Waals surface area contributed by atoms with E-state index >= 15 is 0 Å². The van der Waals surface area contributed by atoms with Crippen LogP contribution in [0.2, 0.25) is 10.0 Å². The minimum Gasteiger partial charge on any atom is -0.592 e. The van der Waals surface area contributed by atoms with Crippen LogP contribution in [0, 0.1) is 5.21 Å².